The molecule has 0 aliphatic carbocycles. The van der Waals surface area contributed by atoms with Crippen LogP contribution in [0.15, 0.2) is 53.6 Å². The van der Waals surface area contributed by atoms with Crippen LogP contribution in [0.25, 0.3) is 0 Å². The van der Waals surface area contributed by atoms with Gasteiger partial charge in [-0.05, 0) is 29.8 Å². The predicted molar refractivity (Wildman–Crippen MR) is 74.6 cm³/mol. The number of aromatic hydroxyl groups is 1. The molecular formula is C15H11F3N2O2. The Hall–Kier alpha value is -2.83. The maximum Gasteiger partial charge on any atom is 0.416 e. The molecule has 0 saturated carbocycles. The zero-order valence-electron chi connectivity index (χ0n) is 11.1. The molecule has 0 radical (unpaired) electrons. The van der Waals surface area contributed by atoms with Crippen molar-refractivity contribution in [3.8, 4) is 5.75 Å². The number of hydrazone groups is 1. The van der Waals surface area contributed by atoms with Gasteiger partial charge >= 0.3 is 6.18 Å². The number of hydrogen-bond acceptors (Lipinski definition) is 3. The summed E-state index contributed by atoms with van der Waals surface area (Å²) in [4.78, 5) is 11.7. The summed E-state index contributed by atoms with van der Waals surface area (Å²) >= 11 is 0. The minimum absolute atomic E-state index is 0.0173. The molecule has 4 nitrogen and oxygen atoms in total. The topological polar surface area (TPSA) is 61.7 Å². The molecule has 0 saturated heterocycles. The zero-order chi connectivity index (χ0) is 16.2. The Bertz CT molecular complexity index is 712. The van der Waals surface area contributed by atoms with Crippen LogP contribution >= 0.6 is 0 Å². The fraction of sp³-hybridized carbons (Fsp3) is 0.0667. The summed E-state index contributed by atoms with van der Waals surface area (Å²) in [5.74, 6) is -0.879. The molecule has 0 aliphatic rings. The van der Waals surface area contributed by atoms with Gasteiger partial charge in [-0.2, -0.15) is 18.3 Å². The number of rotatable bonds is 3. The smallest absolute Gasteiger partial charge is 0.416 e. The Morgan fingerprint density at radius 1 is 1.14 bits per heavy atom. The van der Waals surface area contributed by atoms with Gasteiger partial charge in [0.25, 0.3) is 5.91 Å². The van der Waals surface area contributed by atoms with Crippen molar-refractivity contribution < 1.29 is 23.1 Å². The SMILES string of the molecule is O=C(NN=Cc1cccc(C(F)(F)F)c1)c1ccccc1O. The maximum absolute atomic E-state index is 12.5. The summed E-state index contributed by atoms with van der Waals surface area (Å²) in [6, 6.07) is 10.4. The third-order valence-corrected chi connectivity index (χ3v) is 2.74. The molecule has 1 amide bonds. The molecule has 7 heteroatoms. The van der Waals surface area contributed by atoms with E-state index in [0.29, 0.717) is 0 Å². The van der Waals surface area contributed by atoms with Gasteiger partial charge in [-0.15, -0.1) is 0 Å². The van der Waals surface area contributed by atoms with E-state index in [2.05, 4.69) is 10.5 Å². The maximum atomic E-state index is 12.5. The highest BCUT2D eigenvalue weighted by Crippen LogP contribution is 2.29. The lowest BCUT2D eigenvalue weighted by Gasteiger charge is -2.06. The van der Waals surface area contributed by atoms with Crippen LogP contribution in [0.4, 0.5) is 13.2 Å². The number of nitrogens with one attached hydrogen (secondary N) is 1. The average molecular weight is 308 g/mol. The van der Waals surface area contributed by atoms with Gasteiger partial charge in [0, 0.05) is 0 Å². The Morgan fingerprint density at radius 3 is 2.55 bits per heavy atom. The van der Waals surface area contributed by atoms with Crippen molar-refractivity contribution >= 4 is 12.1 Å². The lowest BCUT2D eigenvalue weighted by atomic mass is 10.1. The minimum Gasteiger partial charge on any atom is -0.507 e. The van der Waals surface area contributed by atoms with Crippen molar-refractivity contribution in [1.82, 2.24) is 5.43 Å². The number of benzene rings is 2. The van der Waals surface area contributed by atoms with Gasteiger partial charge in [0.1, 0.15) is 5.75 Å². The van der Waals surface area contributed by atoms with Gasteiger partial charge in [0.05, 0.1) is 17.3 Å². The van der Waals surface area contributed by atoms with Gasteiger partial charge in [0.15, 0.2) is 0 Å². The van der Waals surface area contributed by atoms with Gasteiger partial charge in [-0.1, -0.05) is 24.3 Å². The molecule has 2 aromatic rings. The van der Waals surface area contributed by atoms with Crippen molar-refractivity contribution in [1.29, 1.82) is 0 Å². The molecule has 0 fully saturated rings. The van der Waals surface area contributed by atoms with Gasteiger partial charge in [-0.25, -0.2) is 5.43 Å². The number of phenolic OH excluding ortho intramolecular Hbond substituents is 1. The number of amides is 1. The van der Waals surface area contributed by atoms with E-state index >= 15 is 0 Å². The van der Waals surface area contributed by atoms with E-state index in [0.717, 1.165) is 18.3 Å². The highest BCUT2D eigenvalue weighted by Gasteiger charge is 2.30. The first-order valence-corrected chi connectivity index (χ1v) is 6.16. The summed E-state index contributed by atoms with van der Waals surface area (Å²) in [6.45, 7) is 0. The summed E-state index contributed by atoms with van der Waals surface area (Å²) in [5, 5.41) is 13.1. The van der Waals surface area contributed by atoms with E-state index < -0.39 is 17.6 Å². The number of carbonyl (C=O) groups is 1. The number of carbonyl (C=O) groups excluding carboxylic acids is 1. The van der Waals surface area contributed by atoms with Crippen LogP contribution in [0, 0.1) is 0 Å². The number of phenols is 1. The van der Waals surface area contributed by atoms with Crippen LogP contribution in [-0.2, 0) is 6.18 Å². The van der Waals surface area contributed by atoms with E-state index in [-0.39, 0.29) is 16.9 Å². The molecular weight excluding hydrogens is 297 g/mol. The number of halogens is 3. The largest absolute Gasteiger partial charge is 0.507 e. The molecule has 0 heterocycles. The number of alkyl halides is 3. The summed E-state index contributed by atoms with van der Waals surface area (Å²) in [6.07, 6.45) is -3.35. The number of para-hydroxylation sites is 1. The Balaban J connectivity index is 2.07. The van der Waals surface area contributed by atoms with E-state index in [4.69, 9.17) is 0 Å². The molecule has 0 unspecified atom stereocenters. The first-order chi connectivity index (χ1) is 10.4. The van der Waals surface area contributed by atoms with Crippen LogP contribution in [0.2, 0.25) is 0 Å². The number of hydrogen-bond donors (Lipinski definition) is 2. The van der Waals surface area contributed by atoms with Crippen LogP contribution in [0.3, 0.4) is 0 Å². The van der Waals surface area contributed by atoms with E-state index in [1.54, 1.807) is 12.1 Å². The van der Waals surface area contributed by atoms with Crippen LogP contribution in [0.5, 0.6) is 5.75 Å². The monoisotopic (exact) mass is 308 g/mol. The second kappa shape index (κ2) is 6.30. The van der Waals surface area contributed by atoms with Crippen molar-refractivity contribution in [3.05, 3.63) is 65.2 Å². The fourth-order valence-corrected chi connectivity index (χ4v) is 1.69. The Morgan fingerprint density at radius 2 is 1.86 bits per heavy atom. The van der Waals surface area contributed by atoms with Crippen molar-refractivity contribution in [3.63, 3.8) is 0 Å². The summed E-state index contributed by atoms with van der Waals surface area (Å²) in [7, 11) is 0. The van der Waals surface area contributed by atoms with Crippen molar-refractivity contribution in [2.24, 2.45) is 5.10 Å². The third-order valence-electron chi connectivity index (χ3n) is 2.74. The standard InChI is InChI=1S/C15H11F3N2O2/c16-15(17,18)11-5-3-4-10(8-11)9-19-20-14(22)12-6-1-2-7-13(12)21/h1-9,21H,(H,20,22). The van der Waals surface area contributed by atoms with E-state index in [1.807, 2.05) is 0 Å². The molecule has 114 valence electrons. The van der Waals surface area contributed by atoms with Crippen molar-refractivity contribution in [2.75, 3.05) is 0 Å². The molecule has 0 atom stereocenters. The highest BCUT2D eigenvalue weighted by atomic mass is 19.4. The minimum atomic E-state index is -4.44. The summed E-state index contributed by atoms with van der Waals surface area (Å²) < 4.78 is 37.6. The van der Waals surface area contributed by atoms with E-state index in [1.165, 1.54) is 24.3 Å². The third kappa shape index (κ3) is 3.85. The molecule has 0 aliphatic heterocycles. The van der Waals surface area contributed by atoms with Gasteiger partial charge in [-0.3, -0.25) is 4.79 Å². The van der Waals surface area contributed by atoms with Crippen LogP contribution in [-0.4, -0.2) is 17.2 Å². The first-order valence-electron chi connectivity index (χ1n) is 6.16. The second-order valence-electron chi connectivity index (χ2n) is 4.34. The van der Waals surface area contributed by atoms with Crippen molar-refractivity contribution in [2.45, 2.75) is 6.18 Å². The molecule has 0 aromatic heterocycles. The second-order valence-corrected chi connectivity index (χ2v) is 4.34. The molecule has 2 N–H and O–H groups in total. The normalized spacial score (nSPS) is 11.6. The van der Waals surface area contributed by atoms with E-state index in [9.17, 15) is 23.1 Å². The summed E-state index contributed by atoms with van der Waals surface area (Å²) in [5.41, 5.74) is 1.54. The molecule has 2 aromatic carbocycles. The Kier molecular flexibility index (Phi) is 4.45. The van der Waals surface area contributed by atoms with Gasteiger partial charge < -0.3 is 5.11 Å². The molecule has 22 heavy (non-hydrogen) atoms. The zero-order valence-corrected chi connectivity index (χ0v) is 11.1. The quantitative estimate of drug-likeness (QED) is 0.676. The first kappa shape index (κ1) is 15.6. The van der Waals surface area contributed by atoms with Gasteiger partial charge in [0.2, 0.25) is 0 Å². The average Bonchev–Trinajstić information content (AvgIpc) is 2.47. The fourth-order valence-electron chi connectivity index (χ4n) is 1.69. The van der Waals surface area contributed by atoms with Crippen LogP contribution in [0.1, 0.15) is 21.5 Å². The predicted octanol–water partition coefficient (Wildman–Crippen LogP) is 3.17. The van der Waals surface area contributed by atoms with Crippen LogP contribution < -0.4 is 5.43 Å². The number of nitrogens with zero attached hydrogens (tertiary/aromatic N) is 1. The lowest BCUT2D eigenvalue weighted by molar-refractivity contribution is -0.137. The lowest BCUT2D eigenvalue weighted by Crippen LogP contribution is -2.17. The molecule has 2 rings (SSSR count). The highest BCUT2D eigenvalue weighted by molar-refractivity contribution is 5.97. The molecule has 0 spiro atoms. The molecule has 0 bridgehead atoms. The Labute approximate surface area is 123 Å².